The highest BCUT2D eigenvalue weighted by Gasteiger charge is 2.24. The van der Waals surface area contributed by atoms with Gasteiger partial charge in [0.15, 0.2) is 11.5 Å². The van der Waals surface area contributed by atoms with Crippen molar-refractivity contribution in [2.75, 3.05) is 44.3 Å². The van der Waals surface area contributed by atoms with Gasteiger partial charge in [0.05, 0.1) is 30.8 Å². The van der Waals surface area contributed by atoms with Crippen LogP contribution >= 0.6 is 0 Å². The Kier molecular flexibility index (Phi) is 6.81. The lowest BCUT2D eigenvalue weighted by Crippen LogP contribution is -2.37. The fraction of sp³-hybridized carbons (Fsp3) is 0.455. The minimum Gasteiger partial charge on any atom is -0.508 e. The Morgan fingerprint density at radius 2 is 1.78 bits per heavy atom. The quantitative estimate of drug-likeness (QED) is 0.561. The van der Waals surface area contributed by atoms with Gasteiger partial charge in [0.25, 0.3) is 5.97 Å². The molecule has 2 aromatic heterocycles. The van der Waals surface area contributed by atoms with Gasteiger partial charge >= 0.3 is 0 Å². The van der Waals surface area contributed by atoms with Crippen LogP contribution in [0.5, 0.6) is 5.75 Å². The predicted molar refractivity (Wildman–Crippen MR) is 120 cm³/mol. The maximum absolute atomic E-state index is 9.63. The molecule has 32 heavy (non-hydrogen) atoms. The number of morpholine rings is 1. The molecule has 5 rings (SSSR count). The number of anilines is 1. The van der Waals surface area contributed by atoms with Gasteiger partial charge in [-0.1, -0.05) is 0 Å². The summed E-state index contributed by atoms with van der Waals surface area (Å²) >= 11 is 0. The molecule has 3 aromatic rings. The number of fused-ring (bicyclic) bond motifs is 1. The number of phenols is 1. The average Bonchev–Trinajstić information content (AvgIpc) is 3.24. The number of benzene rings is 1. The molecule has 0 aliphatic carbocycles. The molecule has 1 aromatic carbocycles. The number of ether oxygens (including phenoxy) is 1. The second-order valence-corrected chi connectivity index (χ2v) is 7.84. The first-order valence-electron chi connectivity index (χ1n) is 10.8. The van der Waals surface area contributed by atoms with E-state index >= 15 is 0 Å². The lowest BCUT2D eigenvalue weighted by Gasteiger charge is -2.28. The molecule has 0 bridgehead atoms. The summed E-state index contributed by atoms with van der Waals surface area (Å²) in [4.78, 5) is 21.0. The van der Waals surface area contributed by atoms with Gasteiger partial charge in [-0.2, -0.15) is 5.10 Å². The van der Waals surface area contributed by atoms with Crippen LogP contribution in [0.2, 0.25) is 0 Å². The van der Waals surface area contributed by atoms with Gasteiger partial charge < -0.3 is 25.2 Å². The molecule has 0 saturated carbocycles. The number of aromatic hydroxyl groups is 1. The Bertz CT molecular complexity index is 1050. The van der Waals surface area contributed by atoms with Gasteiger partial charge in [-0.15, -0.1) is 0 Å². The number of carboxylic acid groups (broad SMARTS) is 1. The number of carbonyl (C=O) groups is 1. The Morgan fingerprint density at radius 3 is 2.44 bits per heavy atom. The highest BCUT2D eigenvalue weighted by molar-refractivity contribution is 5.89. The fourth-order valence-electron chi connectivity index (χ4n) is 3.99. The topological polar surface area (TPSA) is 126 Å². The summed E-state index contributed by atoms with van der Waals surface area (Å²) in [6.07, 6.45) is 3.99. The van der Waals surface area contributed by atoms with E-state index in [1.54, 1.807) is 12.1 Å². The highest BCUT2D eigenvalue weighted by atomic mass is 16.5. The number of nitrogens with zero attached hydrogens (tertiary/aromatic N) is 5. The Balaban J connectivity index is 0.000000567. The zero-order valence-electron chi connectivity index (χ0n) is 18.1. The second kappa shape index (κ2) is 9.92. The number of nitrogens with one attached hydrogen (secondary N) is 1. The third-order valence-corrected chi connectivity index (χ3v) is 5.52. The molecule has 0 amide bonds. The zero-order chi connectivity index (χ0) is 22.5. The van der Waals surface area contributed by atoms with E-state index in [0.29, 0.717) is 25.1 Å². The van der Waals surface area contributed by atoms with Gasteiger partial charge in [-0.05, 0) is 50.2 Å². The Hall–Kier alpha value is -3.24. The van der Waals surface area contributed by atoms with E-state index in [-0.39, 0.29) is 5.75 Å². The van der Waals surface area contributed by atoms with Crippen molar-refractivity contribution in [2.24, 2.45) is 0 Å². The monoisotopic (exact) mass is 440 g/mol. The normalized spacial score (nSPS) is 17.1. The maximum Gasteiger partial charge on any atom is 0.300 e. The molecule has 2 aliphatic rings. The molecule has 2 fully saturated rings. The summed E-state index contributed by atoms with van der Waals surface area (Å²) < 4.78 is 7.60. The summed E-state index contributed by atoms with van der Waals surface area (Å²) in [5, 5.41) is 26.2. The van der Waals surface area contributed by atoms with Gasteiger partial charge in [0.1, 0.15) is 11.6 Å². The number of phenolic OH excluding ortho intramolecular Hbond substituents is 1. The van der Waals surface area contributed by atoms with Crippen LogP contribution in [0.4, 0.5) is 5.82 Å². The molecule has 0 unspecified atom stereocenters. The van der Waals surface area contributed by atoms with E-state index in [4.69, 9.17) is 29.7 Å². The first-order valence-corrected chi connectivity index (χ1v) is 10.8. The number of hydrogen-bond donors (Lipinski definition) is 3. The number of rotatable bonds is 3. The zero-order valence-corrected chi connectivity index (χ0v) is 18.1. The van der Waals surface area contributed by atoms with Crippen molar-refractivity contribution in [3.63, 3.8) is 0 Å². The lowest BCUT2D eigenvalue weighted by molar-refractivity contribution is -0.134. The summed E-state index contributed by atoms with van der Waals surface area (Å²) in [5.41, 5.74) is 1.76. The smallest absolute Gasteiger partial charge is 0.300 e. The lowest BCUT2D eigenvalue weighted by atomic mass is 10.1. The minimum absolute atomic E-state index is 0.234. The molecule has 10 heteroatoms. The third kappa shape index (κ3) is 4.97. The number of aromatic nitrogens is 4. The van der Waals surface area contributed by atoms with E-state index in [1.807, 2.05) is 18.3 Å². The SMILES string of the molecule is CC(=O)O.Oc1ccc(-c2nc(N3CCOCC3)c3cnn(C4CCNCC4)c3n2)cc1. The van der Waals surface area contributed by atoms with E-state index in [9.17, 15) is 5.11 Å². The van der Waals surface area contributed by atoms with Gasteiger partial charge in [-0.3, -0.25) is 4.79 Å². The van der Waals surface area contributed by atoms with Gasteiger partial charge in [0.2, 0.25) is 0 Å². The predicted octanol–water partition coefficient (Wildman–Crippen LogP) is 2.05. The first-order chi connectivity index (χ1) is 15.5. The van der Waals surface area contributed by atoms with Crippen LogP contribution in [0.25, 0.3) is 22.4 Å². The van der Waals surface area contributed by atoms with Crippen molar-refractivity contribution in [2.45, 2.75) is 25.8 Å². The van der Waals surface area contributed by atoms with Crippen molar-refractivity contribution in [3.05, 3.63) is 30.5 Å². The van der Waals surface area contributed by atoms with Crippen molar-refractivity contribution in [1.29, 1.82) is 0 Å². The molecule has 4 heterocycles. The molecule has 0 radical (unpaired) electrons. The molecule has 0 atom stereocenters. The molecule has 170 valence electrons. The molecule has 2 aliphatic heterocycles. The van der Waals surface area contributed by atoms with E-state index in [1.165, 1.54) is 0 Å². The number of hydrogen-bond acceptors (Lipinski definition) is 8. The maximum atomic E-state index is 9.63. The molecular formula is C22H28N6O4. The van der Waals surface area contributed by atoms with E-state index < -0.39 is 5.97 Å². The van der Waals surface area contributed by atoms with Crippen LogP contribution < -0.4 is 10.2 Å². The number of piperidine rings is 1. The van der Waals surface area contributed by atoms with Crippen molar-refractivity contribution in [3.8, 4) is 17.1 Å². The van der Waals surface area contributed by atoms with Crippen LogP contribution in [-0.2, 0) is 9.53 Å². The summed E-state index contributed by atoms with van der Waals surface area (Å²) in [7, 11) is 0. The first kappa shape index (κ1) is 22.0. The largest absolute Gasteiger partial charge is 0.508 e. The molecular weight excluding hydrogens is 412 g/mol. The fourth-order valence-corrected chi connectivity index (χ4v) is 3.99. The Morgan fingerprint density at radius 1 is 1.12 bits per heavy atom. The second-order valence-electron chi connectivity index (χ2n) is 7.84. The highest BCUT2D eigenvalue weighted by Crippen LogP contribution is 2.31. The number of carboxylic acids is 1. The summed E-state index contributed by atoms with van der Waals surface area (Å²) in [6, 6.07) is 7.39. The number of aliphatic carboxylic acids is 1. The van der Waals surface area contributed by atoms with Crippen LogP contribution in [0.3, 0.4) is 0 Å². The van der Waals surface area contributed by atoms with Crippen LogP contribution in [0, 0.1) is 0 Å². The molecule has 0 spiro atoms. The average molecular weight is 441 g/mol. The summed E-state index contributed by atoms with van der Waals surface area (Å²) in [5.74, 6) is 0.971. The van der Waals surface area contributed by atoms with E-state index in [0.717, 1.165) is 68.4 Å². The van der Waals surface area contributed by atoms with E-state index in [2.05, 4.69) is 14.9 Å². The summed E-state index contributed by atoms with van der Waals surface area (Å²) in [6.45, 7) is 6.08. The van der Waals surface area contributed by atoms with Crippen molar-refractivity contribution >= 4 is 22.8 Å². The van der Waals surface area contributed by atoms with Crippen molar-refractivity contribution in [1.82, 2.24) is 25.1 Å². The molecule has 2 saturated heterocycles. The van der Waals surface area contributed by atoms with Crippen LogP contribution in [0.1, 0.15) is 25.8 Å². The third-order valence-electron chi connectivity index (χ3n) is 5.52. The van der Waals surface area contributed by atoms with Crippen LogP contribution in [-0.4, -0.2) is 75.3 Å². The van der Waals surface area contributed by atoms with Crippen molar-refractivity contribution < 1.29 is 19.7 Å². The standard InChI is InChI=1S/C20H24N6O2.C2H4O2/c27-16-3-1-14(2-4-16)18-23-19(25-9-11-28-12-10-25)17-13-22-26(20(17)24-18)15-5-7-21-8-6-15;1-2(3)4/h1-4,13,15,21,27H,5-12H2;1H3,(H,3,4). The molecule has 3 N–H and O–H groups in total. The van der Waals surface area contributed by atoms with Gasteiger partial charge in [-0.25, -0.2) is 14.6 Å². The Labute approximate surface area is 185 Å². The molecule has 10 nitrogen and oxygen atoms in total. The van der Waals surface area contributed by atoms with Gasteiger partial charge in [0, 0.05) is 25.6 Å². The van der Waals surface area contributed by atoms with Crippen LogP contribution in [0.15, 0.2) is 30.5 Å². The minimum atomic E-state index is -0.833.